The molecule has 1 aromatic rings. The lowest BCUT2D eigenvalue weighted by Crippen LogP contribution is -2.21. The molecule has 16 heavy (non-hydrogen) atoms. The van der Waals surface area contributed by atoms with Crippen molar-refractivity contribution in [2.45, 2.75) is 13.3 Å². The first-order valence-corrected chi connectivity index (χ1v) is 5.30. The number of carbonyl (C=O) groups is 1. The molecule has 1 amide bonds. The van der Waals surface area contributed by atoms with Crippen molar-refractivity contribution < 1.29 is 9.53 Å². The second kappa shape index (κ2) is 5.39. The fraction of sp³-hybridized carbons (Fsp3) is 0.417. The standard InChI is InChI=1S/C12H18N2O2/c1-4-7-16-11-8-9(5-6-10(11)13)12(15)14(2)3/h5-6,8H,4,7,13H2,1-3H3. The maximum absolute atomic E-state index is 11.7. The second-order valence-electron chi connectivity index (χ2n) is 3.80. The Labute approximate surface area is 96.0 Å². The monoisotopic (exact) mass is 222 g/mol. The minimum atomic E-state index is -0.0543. The van der Waals surface area contributed by atoms with Gasteiger partial charge in [0.2, 0.25) is 0 Å². The van der Waals surface area contributed by atoms with Crippen molar-refractivity contribution in [3.05, 3.63) is 23.8 Å². The van der Waals surface area contributed by atoms with Gasteiger partial charge in [-0.2, -0.15) is 0 Å². The molecule has 2 N–H and O–H groups in total. The highest BCUT2D eigenvalue weighted by atomic mass is 16.5. The van der Waals surface area contributed by atoms with Crippen molar-refractivity contribution in [1.82, 2.24) is 4.90 Å². The van der Waals surface area contributed by atoms with Gasteiger partial charge in [0.25, 0.3) is 5.91 Å². The number of hydrogen-bond acceptors (Lipinski definition) is 3. The quantitative estimate of drug-likeness (QED) is 0.790. The van der Waals surface area contributed by atoms with Crippen LogP contribution in [-0.2, 0) is 0 Å². The largest absolute Gasteiger partial charge is 0.491 e. The average molecular weight is 222 g/mol. The molecule has 0 unspecified atom stereocenters. The summed E-state index contributed by atoms with van der Waals surface area (Å²) >= 11 is 0. The molecule has 0 fully saturated rings. The first-order chi connectivity index (χ1) is 7.56. The summed E-state index contributed by atoms with van der Waals surface area (Å²) in [4.78, 5) is 13.2. The predicted octanol–water partition coefficient (Wildman–Crippen LogP) is 1.76. The lowest BCUT2D eigenvalue weighted by molar-refractivity contribution is 0.0827. The molecule has 1 aromatic carbocycles. The number of nitrogens with two attached hydrogens (primary N) is 1. The summed E-state index contributed by atoms with van der Waals surface area (Å²) in [6.07, 6.45) is 0.908. The molecule has 0 aliphatic carbocycles. The number of carbonyl (C=O) groups excluding carboxylic acids is 1. The van der Waals surface area contributed by atoms with Crippen LogP contribution in [0.4, 0.5) is 5.69 Å². The first-order valence-electron chi connectivity index (χ1n) is 5.30. The number of nitrogen functional groups attached to an aromatic ring is 1. The molecule has 0 atom stereocenters. The van der Waals surface area contributed by atoms with Crippen LogP contribution in [0.25, 0.3) is 0 Å². The van der Waals surface area contributed by atoms with Crippen molar-refractivity contribution in [2.75, 3.05) is 26.4 Å². The molecule has 4 nitrogen and oxygen atoms in total. The van der Waals surface area contributed by atoms with Crippen LogP contribution in [0.15, 0.2) is 18.2 Å². The van der Waals surface area contributed by atoms with E-state index in [9.17, 15) is 4.79 Å². The minimum absolute atomic E-state index is 0.0543. The highest BCUT2D eigenvalue weighted by Crippen LogP contribution is 2.23. The Kier molecular flexibility index (Phi) is 4.17. The Hall–Kier alpha value is -1.71. The van der Waals surface area contributed by atoms with E-state index in [0.717, 1.165) is 6.42 Å². The Bertz CT molecular complexity index is 375. The fourth-order valence-electron chi connectivity index (χ4n) is 1.26. The SMILES string of the molecule is CCCOc1cc(C(=O)N(C)C)ccc1N. The van der Waals surface area contributed by atoms with Gasteiger partial charge in [-0.15, -0.1) is 0 Å². The van der Waals surface area contributed by atoms with Crippen molar-refractivity contribution in [3.8, 4) is 5.75 Å². The fourth-order valence-corrected chi connectivity index (χ4v) is 1.26. The molecule has 0 saturated carbocycles. The van der Waals surface area contributed by atoms with E-state index in [1.165, 1.54) is 4.90 Å². The van der Waals surface area contributed by atoms with Crippen LogP contribution >= 0.6 is 0 Å². The highest BCUT2D eigenvalue weighted by molar-refractivity contribution is 5.94. The smallest absolute Gasteiger partial charge is 0.253 e. The van der Waals surface area contributed by atoms with Crippen LogP contribution in [-0.4, -0.2) is 31.5 Å². The summed E-state index contributed by atoms with van der Waals surface area (Å²) in [6.45, 7) is 2.62. The molecule has 0 spiro atoms. The van der Waals surface area contributed by atoms with E-state index >= 15 is 0 Å². The zero-order valence-electron chi connectivity index (χ0n) is 9.99. The van der Waals surface area contributed by atoms with Crippen molar-refractivity contribution in [3.63, 3.8) is 0 Å². The van der Waals surface area contributed by atoms with Gasteiger partial charge in [0.1, 0.15) is 5.75 Å². The maximum atomic E-state index is 11.7. The van der Waals surface area contributed by atoms with Gasteiger partial charge in [-0.1, -0.05) is 6.92 Å². The number of amides is 1. The summed E-state index contributed by atoms with van der Waals surface area (Å²) < 4.78 is 5.46. The molecular weight excluding hydrogens is 204 g/mol. The van der Waals surface area contributed by atoms with Crippen LogP contribution in [0.3, 0.4) is 0 Å². The lowest BCUT2D eigenvalue weighted by atomic mass is 10.1. The van der Waals surface area contributed by atoms with E-state index in [4.69, 9.17) is 10.5 Å². The minimum Gasteiger partial charge on any atom is -0.491 e. The van der Waals surface area contributed by atoms with Crippen LogP contribution in [0.5, 0.6) is 5.75 Å². The van der Waals surface area contributed by atoms with Gasteiger partial charge in [0, 0.05) is 19.7 Å². The molecule has 0 saturated heterocycles. The predicted molar refractivity (Wildman–Crippen MR) is 64.7 cm³/mol. The third-order valence-electron chi connectivity index (χ3n) is 2.13. The van der Waals surface area contributed by atoms with Gasteiger partial charge in [-0.25, -0.2) is 0 Å². The molecule has 0 aliphatic rings. The highest BCUT2D eigenvalue weighted by Gasteiger charge is 2.10. The molecule has 0 aliphatic heterocycles. The lowest BCUT2D eigenvalue weighted by Gasteiger charge is -2.13. The summed E-state index contributed by atoms with van der Waals surface area (Å²) in [6, 6.07) is 5.09. The molecule has 0 bridgehead atoms. The number of ether oxygens (including phenoxy) is 1. The van der Waals surface area contributed by atoms with Gasteiger partial charge < -0.3 is 15.4 Å². The van der Waals surface area contributed by atoms with Crippen molar-refractivity contribution in [1.29, 1.82) is 0 Å². The number of nitrogens with zero attached hydrogens (tertiary/aromatic N) is 1. The summed E-state index contributed by atoms with van der Waals surface area (Å²) in [7, 11) is 3.43. The van der Waals surface area contributed by atoms with E-state index in [-0.39, 0.29) is 5.91 Å². The summed E-state index contributed by atoms with van der Waals surface area (Å²) in [5.41, 5.74) is 6.90. The molecule has 0 aromatic heterocycles. The number of hydrogen-bond donors (Lipinski definition) is 1. The van der Waals surface area contributed by atoms with Crippen molar-refractivity contribution >= 4 is 11.6 Å². The number of anilines is 1. The topological polar surface area (TPSA) is 55.6 Å². The van der Waals surface area contributed by atoms with Gasteiger partial charge in [-0.3, -0.25) is 4.79 Å². The molecule has 0 heterocycles. The second-order valence-corrected chi connectivity index (χ2v) is 3.80. The molecule has 4 heteroatoms. The van der Waals surface area contributed by atoms with E-state index in [1.54, 1.807) is 32.3 Å². The summed E-state index contributed by atoms with van der Waals surface area (Å²) in [5, 5.41) is 0. The number of rotatable bonds is 4. The van der Waals surface area contributed by atoms with E-state index in [2.05, 4.69) is 0 Å². The average Bonchev–Trinajstić information content (AvgIpc) is 2.27. The first kappa shape index (κ1) is 12.4. The van der Waals surface area contributed by atoms with Crippen LogP contribution in [0, 0.1) is 0 Å². The molecule has 0 radical (unpaired) electrons. The van der Waals surface area contributed by atoms with Gasteiger partial charge in [0.05, 0.1) is 12.3 Å². The van der Waals surface area contributed by atoms with Crippen LogP contribution in [0.1, 0.15) is 23.7 Å². The third kappa shape index (κ3) is 2.89. The maximum Gasteiger partial charge on any atom is 0.253 e. The third-order valence-corrected chi connectivity index (χ3v) is 2.13. The molecular formula is C12H18N2O2. The van der Waals surface area contributed by atoms with Gasteiger partial charge >= 0.3 is 0 Å². The van der Waals surface area contributed by atoms with E-state index < -0.39 is 0 Å². The molecule has 1 rings (SSSR count). The Morgan fingerprint density at radius 1 is 1.44 bits per heavy atom. The Balaban J connectivity index is 2.93. The Morgan fingerprint density at radius 3 is 2.69 bits per heavy atom. The number of benzene rings is 1. The van der Waals surface area contributed by atoms with Crippen molar-refractivity contribution in [2.24, 2.45) is 0 Å². The summed E-state index contributed by atoms with van der Waals surface area (Å²) in [5.74, 6) is 0.524. The zero-order chi connectivity index (χ0) is 12.1. The van der Waals surface area contributed by atoms with Gasteiger partial charge in [0.15, 0.2) is 0 Å². The van der Waals surface area contributed by atoms with Crippen LogP contribution < -0.4 is 10.5 Å². The molecule has 88 valence electrons. The van der Waals surface area contributed by atoms with E-state index in [1.807, 2.05) is 6.92 Å². The van der Waals surface area contributed by atoms with E-state index in [0.29, 0.717) is 23.6 Å². The van der Waals surface area contributed by atoms with Gasteiger partial charge in [-0.05, 0) is 24.6 Å². The van der Waals surface area contributed by atoms with Crippen LogP contribution in [0.2, 0.25) is 0 Å². The normalized spacial score (nSPS) is 9.94. The zero-order valence-corrected chi connectivity index (χ0v) is 9.99. The Morgan fingerprint density at radius 2 is 2.12 bits per heavy atom.